The predicted octanol–water partition coefficient (Wildman–Crippen LogP) is 16.9. The second kappa shape index (κ2) is 16.5. The molecule has 4 heteroatoms. The summed E-state index contributed by atoms with van der Waals surface area (Å²) in [5.41, 5.74) is 19.8. The molecule has 3 aliphatic carbocycles. The lowest BCUT2D eigenvalue weighted by molar-refractivity contribution is 0.450. The molecule has 0 radical (unpaired) electrons. The Morgan fingerprint density at radius 1 is 0.627 bits per heavy atom. The molecular formula is C63H52N2O2. The largest absolute Gasteiger partial charge is 0.456 e. The third-order valence-corrected chi connectivity index (χ3v) is 15.2. The summed E-state index contributed by atoms with van der Waals surface area (Å²) in [6.45, 7) is 2.35. The van der Waals surface area contributed by atoms with Gasteiger partial charge in [0.05, 0.1) is 6.04 Å². The number of anilines is 1. The lowest BCUT2D eigenvalue weighted by Crippen LogP contribution is -2.22. The molecule has 67 heavy (non-hydrogen) atoms. The molecule has 4 nitrogen and oxygen atoms in total. The standard InChI is InChI=1S/C63H52N2O2/c1-2-46-47(49-23-14-28-59-61(49)50-21-10-12-27-57(50)66-59)22-13-25-54(42-16-5-3-6-17-42)64-63(46)51-24-15-29-60-62(51)53-39-44(35-37-58(53)67-60)41-32-30-40(31-33-41)43-34-36-56-52(38-43)48-20-9-11-26-55(48)65(56)45-18-7-4-8-19-45/h3-10,12,14-22,24,27-37,39,46,49,52,63H,2,11,13,23,25-26,38H2,1H3/b47-22+,64-54?. The van der Waals surface area contributed by atoms with Gasteiger partial charge in [-0.2, -0.15) is 0 Å². The Hall–Kier alpha value is -7.43. The van der Waals surface area contributed by atoms with Crippen LogP contribution in [0.5, 0.6) is 0 Å². The summed E-state index contributed by atoms with van der Waals surface area (Å²) in [7, 11) is 0. The van der Waals surface area contributed by atoms with E-state index in [4.69, 9.17) is 13.8 Å². The van der Waals surface area contributed by atoms with Crippen molar-refractivity contribution in [2.45, 2.75) is 63.8 Å². The van der Waals surface area contributed by atoms with E-state index in [0.29, 0.717) is 5.92 Å². The fraction of sp³-hybridized carbons (Fsp3) is 0.190. The number of hydrogen-bond acceptors (Lipinski definition) is 4. The molecule has 13 rings (SSSR count). The first-order valence-electron chi connectivity index (χ1n) is 24.4. The predicted molar refractivity (Wildman–Crippen MR) is 277 cm³/mol. The van der Waals surface area contributed by atoms with Crippen LogP contribution in [-0.2, 0) is 0 Å². The number of fused-ring (bicyclic) bond motifs is 8. The molecule has 326 valence electrons. The number of benzene rings is 6. The minimum absolute atomic E-state index is 0.124. The molecule has 5 aliphatic rings. The zero-order valence-electron chi connectivity index (χ0n) is 37.9. The van der Waals surface area contributed by atoms with Crippen molar-refractivity contribution in [1.82, 2.24) is 0 Å². The van der Waals surface area contributed by atoms with E-state index in [1.54, 1.807) is 0 Å². The minimum atomic E-state index is -0.124. The van der Waals surface area contributed by atoms with Gasteiger partial charge in [0.25, 0.3) is 0 Å². The molecule has 0 N–H and O–H groups in total. The number of nitrogens with zero attached hydrogens (tertiary/aromatic N) is 2. The topological polar surface area (TPSA) is 41.9 Å². The second-order valence-corrected chi connectivity index (χ2v) is 18.9. The van der Waals surface area contributed by atoms with Gasteiger partial charge in [-0.3, -0.25) is 4.99 Å². The molecule has 2 aromatic heterocycles. The smallest absolute Gasteiger partial charge is 0.135 e. The summed E-state index contributed by atoms with van der Waals surface area (Å²) in [5.74, 6) is 1.72. The normalized spacial score (nSPS) is 22.1. The first-order valence-corrected chi connectivity index (χ1v) is 24.4. The van der Waals surface area contributed by atoms with Gasteiger partial charge in [0.2, 0.25) is 0 Å². The Bertz CT molecular complexity index is 3460. The monoisotopic (exact) mass is 868 g/mol. The average molecular weight is 869 g/mol. The molecular weight excluding hydrogens is 817 g/mol. The number of aliphatic imine (C=N–C) groups is 1. The number of allylic oxidation sites excluding steroid dienone is 9. The number of rotatable bonds is 7. The van der Waals surface area contributed by atoms with E-state index in [0.717, 1.165) is 83.9 Å². The maximum Gasteiger partial charge on any atom is 0.135 e. The van der Waals surface area contributed by atoms with Crippen molar-refractivity contribution < 1.29 is 8.83 Å². The van der Waals surface area contributed by atoms with E-state index in [2.05, 4.69) is 200 Å². The molecule has 0 amide bonds. The van der Waals surface area contributed by atoms with Crippen molar-refractivity contribution in [2.75, 3.05) is 4.90 Å². The maximum absolute atomic E-state index is 6.74. The van der Waals surface area contributed by atoms with Crippen LogP contribution in [-0.4, -0.2) is 5.71 Å². The lowest BCUT2D eigenvalue weighted by Gasteiger charge is -2.34. The van der Waals surface area contributed by atoms with Gasteiger partial charge in [-0.05, 0) is 132 Å². The lowest BCUT2D eigenvalue weighted by atomic mass is 9.72. The number of hydrogen-bond donors (Lipinski definition) is 0. The molecule has 0 fully saturated rings. The number of para-hydroxylation sites is 2. The fourth-order valence-corrected chi connectivity index (χ4v) is 12.2. The van der Waals surface area contributed by atoms with Crippen molar-refractivity contribution >= 4 is 56.0 Å². The van der Waals surface area contributed by atoms with Crippen LogP contribution in [0.15, 0.2) is 218 Å². The summed E-state index contributed by atoms with van der Waals surface area (Å²) in [6.07, 6.45) is 23.4. The summed E-state index contributed by atoms with van der Waals surface area (Å²) >= 11 is 0. The van der Waals surface area contributed by atoms with Crippen molar-refractivity contribution in [3.05, 3.63) is 233 Å². The summed E-state index contributed by atoms with van der Waals surface area (Å²) in [6, 6.07) is 52.7. The third-order valence-electron chi connectivity index (χ3n) is 15.2. The van der Waals surface area contributed by atoms with Crippen LogP contribution in [0, 0.1) is 11.8 Å². The van der Waals surface area contributed by atoms with Crippen LogP contribution >= 0.6 is 0 Å². The van der Waals surface area contributed by atoms with Crippen molar-refractivity contribution in [2.24, 2.45) is 16.8 Å². The van der Waals surface area contributed by atoms with Crippen molar-refractivity contribution in [3.63, 3.8) is 0 Å². The third kappa shape index (κ3) is 6.76. The van der Waals surface area contributed by atoms with Gasteiger partial charge in [0.1, 0.15) is 22.5 Å². The van der Waals surface area contributed by atoms with Gasteiger partial charge in [0.15, 0.2) is 0 Å². The van der Waals surface area contributed by atoms with Crippen LogP contribution in [0.25, 0.3) is 55.7 Å². The summed E-state index contributed by atoms with van der Waals surface area (Å²) in [4.78, 5) is 8.41. The Morgan fingerprint density at radius 3 is 2.27 bits per heavy atom. The van der Waals surface area contributed by atoms with Gasteiger partial charge in [0, 0.05) is 62.3 Å². The summed E-state index contributed by atoms with van der Waals surface area (Å²) < 4.78 is 13.2. The first kappa shape index (κ1) is 39.9. The molecule has 0 saturated heterocycles. The molecule has 4 atom stereocenters. The van der Waals surface area contributed by atoms with Crippen LogP contribution < -0.4 is 4.90 Å². The van der Waals surface area contributed by atoms with E-state index >= 15 is 0 Å². The fourth-order valence-electron chi connectivity index (χ4n) is 12.2. The molecule has 0 saturated carbocycles. The Labute approximate surface area is 392 Å². The van der Waals surface area contributed by atoms with E-state index in [1.807, 2.05) is 0 Å². The van der Waals surface area contributed by atoms with E-state index in [-0.39, 0.29) is 17.9 Å². The first-order chi connectivity index (χ1) is 33.2. The second-order valence-electron chi connectivity index (χ2n) is 18.9. The highest BCUT2D eigenvalue weighted by atomic mass is 16.3. The van der Waals surface area contributed by atoms with Gasteiger partial charge in [-0.25, -0.2) is 0 Å². The highest BCUT2D eigenvalue weighted by molar-refractivity contribution is 6.09. The summed E-state index contributed by atoms with van der Waals surface area (Å²) in [5, 5.41) is 3.52. The molecule has 4 unspecified atom stereocenters. The van der Waals surface area contributed by atoms with Crippen LogP contribution in [0.4, 0.5) is 5.69 Å². The highest BCUT2D eigenvalue weighted by Crippen LogP contribution is 2.52. The molecule has 0 bridgehead atoms. The zero-order chi connectivity index (χ0) is 44.4. The van der Waals surface area contributed by atoms with E-state index in [1.165, 1.54) is 72.6 Å². The number of furan rings is 2. The van der Waals surface area contributed by atoms with Crippen LogP contribution in [0.3, 0.4) is 0 Å². The van der Waals surface area contributed by atoms with Gasteiger partial charge < -0.3 is 13.7 Å². The molecule has 6 aromatic carbocycles. The quantitative estimate of drug-likeness (QED) is 0.150. The average Bonchev–Trinajstić information content (AvgIpc) is 4.06. The zero-order valence-corrected chi connectivity index (χ0v) is 37.9. The highest BCUT2D eigenvalue weighted by Gasteiger charge is 2.39. The Morgan fingerprint density at radius 2 is 1.40 bits per heavy atom. The SMILES string of the molecule is CCC1/C(C2CC=Cc3oc4ccccc4c32)=C\CCC(c2ccccc2)=NC1c1cccc2oc3ccc(-c4ccc(C5=CC=C6C(C5)C5=C(CCC=C5)N6c5ccccc5)cc4)cc3c12. The maximum atomic E-state index is 6.74. The molecule has 4 heterocycles. The van der Waals surface area contributed by atoms with E-state index < -0.39 is 0 Å². The van der Waals surface area contributed by atoms with Crippen molar-refractivity contribution in [3.8, 4) is 11.1 Å². The minimum Gasteiger partial charge on any atom is -0.456 e. The Kier molecular flexibility index (Phi) is 9.81. The van der Waals surface area contributed by atoms with Gasteiger partial charge in [-0.1, -0.05) is 152 Å². The van der Waals surface area contributed by atoms with E-state index in [9.17, 15) is 0 Å². The van der Waals surface area contributed by atoms with Crippen LogP contribution in [0.1, 0.15) is 91.8 Å². The molecule has 0 spiro atoms. The molecule has 2 aliphatic heterocycles. The van der Waals surface area contributed by atoms with Crippen molar-refractivity contribution in [1.29, 1.82) is 0 Å². The molecule has 8 aromatic rings. The Balaban J connectivity index is 0.879. The van der Waals surface area contributed by atoms with Crippen LogP contribution in [0.2, 0.25) is 0 Å². The van der Waals surface area contributed by atoms with Gasteiger partial charge in [-0.15, -0.1) is 0 Å². The van der Waals surface area contributed by atoms with Gasteiger partial charge >= 0.3 is 0 Å².